The van der Waals surface area contributed by atoms with Gasteiger partial charge in [0.05, 0.1) is 0 Å². The molecule has 0 amide bonds. The Labute approximate surface area is 151 Å². The minimum Gasteiger partial charge on any atom is -0.550 e. The fourth-order valence-electron chi connectivity index (χ4n) is 2.66. The first-order valence-electron chi connectivity index (χ1n) is 9.02. The van der Waals surface area contributed by atoms with Gasteiger partial charge in [0.1, 0.15) is 0 Å². The van der Waals surface area contributed by atoms with Crippen LogP contribution in [0.2, 0.25) is 0 Å². The molecule has 0 spiro atoms. The molecule has 0 aliphatic rings. The second-order valence-corrected chi connectivity index (χ2v) is 6.19. The normalized spacial score (nSPS) is 10.3. The first-order valence-corrected chi connectivity index (χ1v) is 9.02. The molecule has 1 radical (unpaired) electrons. The third-order valence-electron chi connectivity index (χ3n) is 4.01. The molecular weight excluding hydrogens is 344 g/mol. The number of rotatable bonds is 17. The molecule has 4 nitrogen and oxygen atoms in total. The third kappa shape index (κ3) is 23.8. The maximum Gasteiger partial charge on any atom is 2.00 e. The standard InChI is InChI=1S/C18H34O4.Cu/c19-17(20)15-13-11-9-7-5-3-1-2-4-6-8-10-12-14-16-18(21)22;/h1-16H2,(H,19,20)(H,21,22);/q;+2/p-2. The molecule has 0 atom stereocenters. The fourth-order valence-corrected chi connectivity index (χ4v) is 2.66. The van der Waals surface area contributed by atoms with Gasteiger partial charge >= 0.3 is 17.1 Å². The minimum absolute atomic E-state index is 0. The molecule has 0 aromatic heterocycles. The van der Waals surface area contributed by atoms with Crippen LogP contribution in [0.4, 0.5) is 0 Å². The van der Waals surface area contributed by atoms with Crippen molar-refractivity contribution in [3.8, 4) is 0 Å². The molecule has 0 unspecified atom stereocenters. The van der Waals surface area contributed by atoms with E-state index in [1.807, 2.05) is 0 Å². The number of hydrogen-bond acceptors (Lipinski definition) is 4. The predicted octanol–water partition coefficient (Wildman–Crippen LogP) is 2.73. The van der Waals surface area contributed by atoms with Crippen LogP contribution in [0.1, 0.15) is 103 Å². The maximum atomic E-state index is 10.2. The van der Waals surface area contributed by atoms with E-state index < -0.39 is 11.9 Å². The first kappa shape index (κ1) is 24.7. The van der Waals surface area contributed by atoms with Crippen molar-refractivity contribution in [2.45, 2.75) is 103 Å². The summed E-state index contributed by atoms with van der Waals surface area (Å²) in [6.45, 7) is 0. The second kappa shape index (κ2) is 19.5. The number of carboxylic acid groups (broad SMARTS) is 2. The minimum atomic E-state index is -0.932. The van der Waals surface area contributed by atoms with E-state index in [-0.39, 0.29) is 29.9 Å². The smallest absolute Gasteiger partial charge is 0.550 e. The molecule has 0 rings (SSSR count). The van der Waals surface area contributed by atoms with Gasteiger partial charge in [0.15, 0.2) is 0 Å². The van der Waals surface area contributed by atoms with Crippen molar-refractivity contribution in [2.75, 3.05) is 0 Å². The summed E-state index contributed by atoms with van der Waals surface area (Å²) in [6, 6.07) is 0. The van der Waals surface area contributed by atoms with E-state index in [1.54, 1.807) is 0 Å². The molecule has 139 valence electrons. The van der Waals surface area contributed by atoms with Gasteiger partial charge in [-0.25, -0.2) is 0 Å². The number of carbonyl (C=O) groups excluding carboxylic acids is 2. The fraction of sp³-hybridized carbons (Fsp3) is 0.889. The Morgan fingerprint density at radius 2 is 0.609 bits per heavy atom. The Morgan fingerprint density at radius 1 is 0.435 bits per heavy atom. The average molecular weight is 376 g/mol. The Hall–Kier alpha value is -0.541. The van der Waals surface area contributed by atoms with Gasteiger partial charge in [-0.15, -0.1) is 0 Å². The molecule has 23 heavy (non-hydrogen) atoms. The number of aliphatic carboxylic acids is 2. The molecule has 0 aromatic rings. The Kier molecular flexibility index (Phi) is 21.0. The van der Waals surface area contributed by atoms with E-state index in [4.69, 9.17) is 0 Å². The van der Waals surface area contributed by atoms with Crippen molar-refractivity contribution in [1.82, 2.24) is 0 Å². The Morgan fingerprint density at radius 3 is 0.783 bits per heavy atom. The number of carbonyl (C=O) groups is 2. The molecule has 0 aliphatic heterocycles. The topological polar surface area (TPSA) is 80.3 Å². The number of carboxylic acids is 2. The van der Waals surface area contributed by atoms with Crippen LogP contribution in [0.5, 0.6) is 0 Å². The zero-order valence-corrected chi connectivity index (χ0v) is 15.2. The van der Waals surface area contributed by atoms with Gasteiger partial charge in [0.25, 0.3) is 0 Å². The van der Waals surface area contributed by atoms with Crippen molar-refractivity contribution in [3.63, 3.8) is 0 Å². The SMILES string of the molecule is O=C([O-])CCCCCCCCCCCCCCCCC(=O)[O-].[Cu+2]. The molecule has 0 aromatic carbocycles. The zero-order chi connectivity index (χ0) is 16.5. The van der Waals surface area contributed by atoms with E-state index in [9.17, 15) is 19.8 Å². The molecule has 0 fully saturated rings. The van der Waals surface area contributed by atoms with Crippen LogP contribution < -0.4 is 10.2 Å². The van der Waals surface area contributed by atoms with E-state index in [1.165, 1.54) is 51.4 Å². The van der Waals surface area contributed by atoms with Crippen molar-refractivity contribution < 1.29 is 36.9 Å². The van der Waals surface area contributed by atoms with Crippen molar-refractivity contribution in [3.05, 3.63) is 0 Å². The van der Waals surface area contributed by atoms with Crippen LogP contribution in [0.25, 0.3) is 0 Å². The largest absolute Gasteiger partial charge is 2.00 e. The van der Waals surface area contributed by atoms with Crippen LogP contribution >= 0.6 is 0 Å². The first-order chi connectivity index (χ1) is 10.6. The predicted molar refractivity (Wildman–Crippen MR) is 83.9 cm³/mol. The van der Waals surface area contributed by atoms with E-state index in [0.717, 1.165) is 38.5 Å². The van der Waals surface area contributed by atoms with Gasteiger partial charge in [-0.1, -0.05) is 77.0 Å². The maximum absolute atomic E-state index is 10.2. The zero-order valence-electron chi connectivity index (χ0n) is 14.2. The Bertz CT molecular complexity index is 254. The van der Waals surface area contributed by atoms with Crippen LogP contribution in [0, 0.1) is 0 Å². The van der Waals surface area contributed by atoms with Gasteiger partial charge in [0.2, 0.25) is 0 Å². The number of unbranched alkanes of at least 4 members (excludes halogenated alkanes) is 13. The summed E-state index contributed by atoms with van der Waals surface area (Å²) in [5.74, 6) is -1.86. The van der Waals surface area contributed by atoms with Crippen LogP contribution in [0.3, 0.4) is 0 Å². The summed E-state index contributed by atoms with van der Waals surface area (Å²) >= 11 is 0. The average Bonchev–Trinajstić information content (AvgIpc) is 2.46. The Balaban J connectivity index is 0. The van der Waals surface area contributed by atoms with Crippen molar-refractivity contribution in [2.24, 2.45) is 0 Å². The second-order valence-electron chi connectivity index (χ2n) is 6.19. The van der Waals surface area contributed by atoms with Crippen LogP contribution in [-0.2, 0) is 26.7 Å². The summed E-state index contributed by atoms with van der Waals surface area (Å²) in [7, 11) is 0. The summed E-state index contributed by atoms with van der Waals surface area (Å²) in [6.07, 6.45) is 16.3. The summed E-state index contributed by atoms with van der Waals surface area (Å²) < 4.78 is 0. The van der Waals surface area contributed by atoms with Gasteiger partial charge in [0, 0.05) is 11.9 Å². The summed E-state index contributed by atoms with van der Waals surface area (Å²) in [5, 5.41) is 20.4. The monoisotopic (exact) mass is 375 g/mol. The van der Waals surface area contributed by atoms with Crippen molar-refractivity contribution in [1.29, 1.82) is 0 Å². The summed E-state index contributed by atoms with van der Waals surface area (Å²) in [5.41, 5.74) is 0. The van der Waals surface area contributed by atoms with Crippen molar-refractivity contribution >= 4 is 11.9 Å². The van der Waals surface area contributed by atoms with Crippen LogP contribution in [-0.4, -0.2) is 11.9 Å². The molecule has 5 heteroatoms. The quantitative estimate of drug-likeness (QED) is 0.289. The van der Waals surface area contributed by atoms with Gasteiger partial charge in [-0.3, -0.25) is 0 Å². The molecular formula is C18H32CuO4. The molecule has 0 heterocycles. The third-order valence-corrected chi connectivity index (χ3v) is 4.01. The van der Waals surface area contributed by atoms with Gasteiger partial charge in [-0.05, 0) is 25.7 Å². The van der Waals surface area contributed by atoms with E-state index in [2.05, 4.69) is 0 Å². The van der Waals surface area contributed by atoms with E-state index in [0.29, 0.717) is 0 Å². The molecule has 0 bridgehead atoms. The molecule has 0 N–H and O–H groups in total. The van der Waals surface area contributed by atoms with Gasteiger partial charge in [-0.2, -0.15) is 0 Å². The van der Waals surface area contributed by atoms with Crippen LogP contribution in [0.15, 0.2) is 0 Å². The molecule has 0 saturated carbocycles. The number of hydrogen-bond donors (Lipinski definition) is 0. The van der Waals surface area contributed by atoms with Gasteiger partial charge < -0.3 is 19.8 Å². The molecule has 0 aliphatic carbocycles. The van der Waals surface area contributed by atoms with E-state index >= 15 is 0 Å². The molecule has 0 saturated heterocycles. The summed E-state index contributed by atoms with van der Waals surface area (Å²) in [4.78, 5) is 20.4.